The molecule has 0 saturated carbocycles. The van der Waals surface area contributed by atoms with Gasteiger partial charge in [0.25, 0.3) is 0 Å². The molecule has 0 aliphatic carbocycles. The maximum absolute atomic E-state index is 9.99. The highest BCUT2D eigenvalue weighted by molar-refractivity contribution is 5.70. The molecule has 1 unspecified atom stereocenters. The van der Waals surface area contributed by atoms with Crippen molar-refractivity contribution in [2.45, 2.75) is 25.2 Å². The summed E-state index contributed by atoms with van der Waals surface area (Å²) in [7, 11) is 0. The number of hydrogen-bond acceptors (Lipinski definition) is 6. The summed E-state index contributed by atoms with van der Waals surface area (Å²) in [6.45, 7) is 1.99. The normalized spacial score (nSPS) is 25.3. The van der Waals surface area contributed by atoms with E-state index in [1.807, 2.05) is 4.90 Å². The highest BCUT2D eigenvalue weighted by Crippen LogP contribution is 2.34. The zero-order valence-electron chi connectivity index (χ0n) is 8.93. The van der Waals surface area contributed by atoms with Gasteiger partial charge in [0.2, 0.25) is 6.35 Å². The average Bonchev–Trinajstić information content (AvgIpc) is 2.66. The van der Waals surface area contributed by atoms with Crippen molar-refractivity contribution in [1.82, 2.24) is 15.3 Å². The summed E-state index contributed by atoms with van der Waals surface area (Å²) >= 11 is 0. The van der Waals surface area contributed by atoms with Crippen molar-refractivity contribution in [3.05, 3.63) is 12.5 Å². The number of aliphatic hydroxyl groups excluding tert-OH is 1. The number of anilines is 2. The quantitative estimate of drug-likeness (QED) is 0.606. The van der Waals surface area contributed by atoms with Crippen LogP contribution in [-0.4, -0.2) is 40.6 Å². The van der Waals surface area contributed by atoms with Gasteiger partial charge < -0.3 is 20.6 Å². The van der Waals surface area contributed by atoms with Crippen LogP contribution in [-0.2, 0) is 0 Å². The predicted octanol–water partition coefficient (Wildman–Crippen LogP) is -0.264. The molecule has 1 aromatic rings. The van der Waals surface area contributed by atoms with E-state index in [1.165, 1.54) is 6.33 Å². The molecule has 0 aromatic carbocycles. The number of aliphatic hydroxyl groups is 1. The molecule has 2 aliphatic rings. The van der Waals surface area contributed by atoms with Gasteiger partial charge >= 0.3 is 0 Å². The molecule has 6 nitrogen and oxygen atoms in total. The van der Waals surface area contributed by atoms with Crippen LogP contribution in [0, 0.1) is 0 Å². The summed E-state index contributed by atoms with van der Waals surface area (Å²) in [5.41, 5.74) is 0.905. The largest absolute Gasteiger partial charge is 0.356 e. The molecular formula is C10H15N5O. The first-order valence-corrected chi connectivity index (χ1v) is 5.60. The molecule has 0 spiro atoms. The SMILES string of the molecule is OC1Nc2ncncc2N1C1CCNCC1. The molecule has 1 atom stereocenters. The molecule has 1 aromatic heterocycles. The lowest BCUT2D eigenvalue weighted by atomic mass is 10.1. The molecule has 86 valence electrons. The average molecular weight is 221 g/mol. The van der Waals surface area contributed by atoms with Crippen molar-refractivity contribution in [2.75, 3.05) is 23.3 Å². The fourth-order valence-electron chi connectivity index (χ4n) is 2.43. The highest BCUT2D eigenvalue weighted by atomic mass is 16.3. The van der Waals surface area contributed by atoms with Crippen molar-refractivity contribution >= 4 is 11.5 Å². The number of rotatable bonds is 1. The second-order valence-corrected chi connectivity index (χ2v) is 4.16. The number of nitrogens with one attached hydrogen (secondary N) is 2. The minimum atomic E-state index is -0.671. The van der Waals surface area contributed by atoms with E-state index in [4.69, 9.17) is 0 Å². The first kappa shape index (κ1) is 9.80. The minimum absolute atomic E-state index is 0.357. The van der Waals surface area contributed by atoms with Crippen LogP contribution >= 0.6 is 0 Å². The van der Waals surface area contributed by atoms with E-state index in [0.717, 1.165) is 37.4 Å². The Balaban J connectivity index is 1.89. The number of aromatic nitrogens is 2. The molecule has 3 N–H and O–H groups in total. The predicted molar refractivity (Wildman–Crippen MR) is 60.0 cm³/mol. The summed E-state index contributed by atoms with van der Waals surface area (Å²) in [6, 6.07) is 0.357. The van der Waals surface area contributed by atoms with E-state index in [9.17, 15) is 5.11 Å². The Hall–Kier alpha value is -1.40. The second kappa shape index (κ2) is 3.88. The summed E-state index contributed by atoms with van der Waals surface area (Å²) < 4.78 is 0. The lowest BCUT2D eigenvalue weighted by molar-refractivity contribution is 0.184. The first-order chi connectivity index (χ1) is 7.86. The molecule has 1 saturated heterocycles. The Morgan fingerprint density at radius 2 is 2.19 bits per heavy atom. The van der Waals surface area contributed by atoms with Crippen LogP contribution in [0.4, 0.5) is 11.5 Å². The van der Waals surface area contributed by atoms with E-state index in [2.05, 4.69) is 20.6 Å². The standard InChI is InChI=1S/C10H15N5O/c16-10-14-9-8(5-12-6-13-9)15(10)7-1-3-11-4-2-7/h5-7,10-11,16H,1-4H2,(H,12,13,14). The zero-order valence-corrected chi connectivity index (χ0v) is 8.93. The number of nitrogens with zero attached hydrogens (tertiary/aromatic N) is 3. The van der Waals surface area contributed by atoms with Crippen molar-refractivity contribution in [2.24, 2.45) is 0 Å². The molecule has 1 fully saturated rings. The topological polar surface area (TPSA) is 73.3 Å². The molecule has 0 bridgehead atoms. The molecule has 3 heterocycles. The van der Waals surface area contributed by atoms with Gasteiger partial charge in [-0.1, -0.05) is 0 Å². The third kappa shape index (κ3) is 1.50. The molecule has 6 heteroatoms. The Morgan fingerprint density at radius 3 is 3.00 bits per heavy atom. The first-order valence-electron chi connectivity index (χ1n) is 5.60. The Labute approximate surface area is 93.7 Å². The zero-order chi connectivity index (χ0) is 11.0. The maximum atomic E-state index is 9.99. The van der Waals surface area contributed by atoms with Gasteiger partial charge in [0.1, 0.15) is 12.0 Å². The third-order valence-corrected chi connectivity index (χ3v) is 3.20. The van der Waals surface area contributed by atoms with Gasteiger partial charge in [0, 0.05) is 6.04 Å². The monoisotopic (exact) mass is 221 g/mol. The maximum Gasteiger partial charge on any atom is 0.206 e. The summed E-state index contributed by atoms with van der Waals surface area (Å²) in [5, 5.41) is 16.3. The number of piperidine rings is 1. The smallest absolute Gasteiger partial charge is 0.206 e. The fraction of sp³-hybridized carbons (Fsp3) is 0.600. The summed E-state index contributed by atoms with van der Waals surface area (Å²) in [4.78, 5) is 10.1. The highest BCUT2D eigenvalue weighted by Gasteiger charge is 2.34. The lowest BCUT2D eigenvalue weighted by Gasteiger charge is -2.34. The van der Waals surface area contributed by atoms with Crippen LogP contribution in [0.1, 0.15) is 12.8 Å². The Bertz CT molecular complexity index is 379. The fourth-order valence-corrected chi connectivity index (χ4v) is 2.43. The number of fused-ring (bicyclic) bond motifs is 1. The van der Waals surface area contributed by atoms with Crippen LogP contribution < -0.4 is 15.5 Å². The molecule has 2 aliphatic heterocycles. The van der Waals surface area contributed by atoms with Crippen LogP contribution in [0.5, 0.6) is 0 Å². The second-order valence-electron chi connectivity index (χ2n) is 4.16. The van der Waals surface area contributed by atoms with Crippen LogP contribution in [0.25, 0.3) is 0 Å². The van der Waals surface area contributed by atoms with Crippen molar-refractivity contribution < 1.29 is 5.11 Å². The van der Waals surface area contributed by atoms with Crippen LogP contribution in [0.2, 0.25) is 0 Å². The summed E-state index contributed by atoms with van der Waals surface area (Å²) in [6.07, 6.45) is 4.65. The van der Waals surface area contributed by atoms with Crippen molar-refractivity contribution in [3.63, 3.8) is 0 Å². The van der Waals surface area contributed by atoms with Crippen molar-refractivity contribution in [1.29, 1.82) is 0 Å². The number of hydrogen-bond donors (Lipinski definition) is 3. The minimum Gasteiger partial charge on any atom is -0.356 e. The van der Waals surface area contributed by atoms with E-state index in [0.29, 0.717) is 6.04 Å². The van der Waals surface area contributed by atoms with Crippen LogP contribution in [0.3, 0.4) is 0 Å². The molecule has 3 rings (SSSR count). The third-order valence-electron chi connectivity index (χ3n) is 3.20. The lowest BCUT2D eigenvalue weighted by Crippen LogP contribution is -2.48. The van der Waals surface area contributed by atoms with Gasteiger partial charge in [0.05, 0.1) is 6.20 Å². The van der Waals surface area contributed by atoms with Gasteiger partial charge in [0.15, 0.2) is 5.82 Å². The van der Waals surface area contributed by atoms with Crippen molar-refractivity contribution in [3.8, 4) is 0 Å². The molecule has 0 radical (unpaired) electrons. The van der Waals surface area contributed by atoms with E-state index in [-0.39, 0.29) is 0 Å². The molecular weight excluding hydrogens is 206 g/mol. The van der Waals surface area contributed by atoms with E-state index in [1.54, 1.807) is 6.20 Å². The summed E-state index contributed by atoms with van der Waals surface area (Å²) in [5.74, 6) is 0.723. The van der Waals surface area contributed by atoms with Gasteiger partial charge in [-0.15, -0.1) is 0 Å². The van der Waals surface area contributed by atoms with Gasteiger partial charge in [-0.05, 0) is 25.9 Å². The van der Waals surface area contributed by atoms with E-state index < -0.39 is 6.35 Å². The molecule has 16 heavy (non-hydrogen) atoms. The van der Waals surface area contributed by atoms with Gasteiger partial charge in [-0.3, -0.25) is 0 Å². The van der Waals surface area contributed by atoms with Gasteiger partial charge in [-0.2, -0.15) is 0 Å². The van der Waals surface area contributed by atoms with Gasteiger partial charge in [-0.25, -0.2) is 9.97 Å². The Morgan fingerprint density at radius 1 is 1.38 bits per heavy atom. The molecule has 0 amide bonds. The van der Waals surface area contributed by atoms with E-state index >= 15 is 0 Å². The Kier molecular flexibility index (Phi) is 2.37. The van der Waals surface area contributed by atoms with Crippen LogP contribution in [0.15, 0.2) is 12.5 Å².